The fourth-order valence-electron chi connectivity index (χ4n) is 2.99. The third-order valence-electron chi connectivity index (χ3n) is 4.52. The first kappa shape index (κ1) is 22.9. The number of phenols is 2. The Hall–Kier alpha value is -3.76. The molecule has 0 aliphatic rings. The van der Waals surface area contributed by atoms with E-state index in [9.17, 15) is 23.2 Å². The van der Waals surface area contributed by atoms with E-state index in [1.807, 2.05) is 6.92 Å². The molecule has 0 atom stereocenters. The van der Waals surface area contributed by atoms with Crippen LogP contribution in [0.25, 0.3) is 0 Å². The number of aryl methyl sites for hydroxylation is 3. The van der Waals surface area contributed by atoms with Crippen molar-refractivity contribution in [2.75, 3.05) is 5.43 Å². The van der Waals surface area contributed by atoms with Gasteiger partial charge in [0, 0.05) is 5.56 Å². The Morgan fingerprint density at radius 3 is 2.34 bits per heavy atom. The minimum Gasteiger partial charge on any atom is -0.506 e. The van der Waals surface area contributed by atoms with Crippen LogP contribution in [0, 0.1) is 20.8 Å². The number of anilines is 1. The van der Waals surface area contributed by atoms with Crippen LogP contribution in [0.3, 0.4) is 0 Å². The zero-order chi connectivity index (χ0) is 23.5. The van der Waals surface area contributed by atoms with Gasteiger partial charge in [0.25, 0.3) is 10.1 Å². The van der Waals surface area contributed by atoms with Crippen molar-refractivity contribution in [2.45, 2.75) is 25.7 Å². The minimum absolute atomic E-state index is 0.0262. The molecule has 0 aromatic heterocycles. The SMILES string of the molecule is Cc1ccc(N=NC(=NNc2cc(C)cc(C)c2O)c2ccccc2S(=O)(=O)O)c(O)c1. The number of hydrazone groups is 1. The number of nitrogens with zero attached hydrogens (tertiary/aromatic N) is 3. The van der Waals surface area contributed by atoms with Gasteiger partial charge in [-0.25, -0.2) is 0 Å². The lowest BCUT2D eigenvalue weighted by molar-refractivity contribution is 0.473. The summed E-state index contributed by atoms with van der Waals surface area (Å²) in [5.41, 5.74) is 5.37. The minimum atomic E-state index is -4.59. The zero-order valence-corrected chi connectivity index (χ0v) is 18.4. The third-order valence-corrected chi connectivity index (χ3v) is 5.43. The van der Waals surface area contributed by atoms with Crippen LogP contribution in [-0.2, 0) is 10.1 Å². The molecule has 0 aliphatic heterocycles. The molecule has 3 rings (SSSR count). The molecule has 4 N–H and O–H groups in total. The fraction of sp³-hybridized carbons (Fsp3) is 0.136. The summed E-state index contributed by atoms with van der Waals surface area (Å²) in [5, 5.41) is 32.5. The van der Waals surface area contributed by atoms with Crippen molar-refractivity contribution >= 4 is 27.3 Å². The van der Waals surface area contributed by atoms with Crippen molar-refractivity contribution in [3.05, 3.63) is 76.9 Å². The van der Waals surface area contributed by atoms with Crippen molar-refractivity contribution in [2.24, 2.45) is 15.3 Å². The number of rotatable bonds is 5. The summed E-state index contributed by atoms with van der Waals surface area (Å²) in [7, 11) is -4.59. The second kappa shape index (κ2) is 9.16. The normalized spacial score (nSPS) is 12.3. The first-order valence-corrected chi connectivity index (χ1v) is 10.9. The standard InChI is InChI=1S/C22H22N4O5S/c1-13-8-9-17(19(27)12-13)23-25-22(16-6-4-5-7-20(16)32(29,30)31)26-24-18-11-14(2)10-15(3)21(18)28/h4-12,24,27-28H,1-3H3,(H,29,30,31). The Morgan fingerprint density at radius 2 is 1.66 bits per heavy atom. The highest BCUT2D eigenvalue weighted by atomic mass is 32.2. The molecule has 10 heteroatoms. The Morgan fingerprint density at radius 1 is 0.938 bits per heavy atom. The molecule has 32 heavy (non-hydrogen) atoms. The number of nitrogens with one attached hydrogen (secondary N) is 1. The monoisotopic (exact) mass is 454 g/mol. The van der Waals surface area contributed by atoms with Gasteiger partial charge in [0.05, 0.1) is 5.69 Å². The fourth-order valence-corrected chi connectivity index (χ4v) is 3.68. The van der Waals surface area contributed by atoms with E-state index in [1.165, 1.54) is 24.3 Å². The van der Waals surface area contributed by atoms with E-state index in [2.05, 4.69) is 20.8 Å². The van der Waals surface area contributed by atoms with Crippen LogP contribution in [0.2, 0.25) is 0 Å². The van der Waals surface area contributed by atoms with Crippen LogP contribution < -0.4 is 5.43 Å². The van der Waals surface area contributed by atoms with Gasteiger partial charge in [-0.15, -0.1) is 10.2 Å². The highest BCUT2D eigenvalue weighted by Gasteiger charge is 2.19. The Labute approximate surface area is 185 Å². The number of hydrogen-bond acceptors (Lipinski definition) is 7. The zero-order valence-electron chi connectivity index (χ0n) is 17.6. The summed E-state index contributed by atoms with van der Waals surface area (Å²) in [5.74, 6) is -0.345. The van der Waals surface area contributed by atoms with E-state index in [0.29, 0.717) is 5.56 Å². The van der Waals surface area contributed by atoms with Crippen LogP contribution in [0.1, 0.15) is 22.3 Å². The van der Waals surface area contributed by atoms with Gasteiger partial charge < -0.3 is 10.2 Å². The molecule has 166 valence electrons. The number of benzene rings is 3. The van der Waals surface area contributed by atoms with Gasteiger partial charge in [0.2, 0.25) is 5.84 Å². The predicted molar refractivity (Wildman–Crippen MR) is 121 cm³/mol. The molecule has 3 aromatic carbocycles. The molecule has 0 aliphatic carbocycles. The highest BCUT2D eigenvalue weighted by Crippen LogP contribution is 2.30. The lowest BCUT2D eigenvalue weighted by Crippen LogP contribution is -2.09. The largest absolute Gasteiger partial charge is 0.506 e. The quantitative estimate of drug-likeness (QED) is 0.109. The number of azo groups is 1. The molecule has 9 nitrogen and oxygen atoms in total. The molecular weight excluding hydrogens is 432 g/mol. The second-order valence-corrected chi connectivity index (χ2v) is 8.58. The Bertz CT molecular complexity index is 1330. The van der Waals surface area contributed by atoms with E-state index < -0.39 is 15.0 Å². The molecule has 0 bridgehead atoms. The van der Waals surface area contributed by atoms with Gasteiger partial charge in [-0.05, 0) is 67.8 Å². The van der Waals surface area contributed by atoms with E-state index in [4.69, 9.17) is 0 Å². The Kier molecular flexibility index (Phi) is 6.56. The second-order valence-electron chi connectivity index (χ2n) is 7.19. The molecule has 3 aromatic rings. The van der Waals surface area contributed by atoms with Gasteiger partial charge in [-0.1, -0.05) is 24.3 Å². The van der Waals surface area contributed by atoms with Crippen molar-refractivity contribution < 1.29 is 23.2 Å². The number of phenolic OH excluding ortho intramolecular Hbond substituents is 2. The lowest BCUT2D eigenvalue weighted by Gasteiger charge is -2.10. The van der Waals surface area contributed by atoms with Crippen molar-refractivity contribution in [1.29, 1.82) is 0 Å². The highest BCUT2D eigenvalue weighted by molar-refractivity contribution is 7.86. The molecule has 0 amide bonds. The molecule has 0 spiro atoms. The van der Waals surface area contributed by atoms with Crippen LogP contribution in [0.15, 0.2) is 74.8 Å². The number of hydrogen-bond donors (Lipinski definition) is 4. The van der Waals surface area contributed by atoms with E-state index in [0.717, 1.165) is 11.1 Å². The van der Waals surface area contributed by atoms with Crippen molar-refractivity contribution in [3.63, 3.8) is 0 Å². The van der Waals surface area contributed by atoms with Crippen molar-refractivity contribution in [1.82, 2.24) is 0 Å². The molecule has 0 saturated carbocycles. The third kappa shape index (κ3) is 5.29. The van der Waals surface area contributed by atoms with Crippen LogP contribution >= 0.6 is 0 Å². The summed E-state index contributed by atoms with van der Waals surface area (Å²) in [4.78, 5) is -0.419. The molecule has 0 heterocycles. The summed E-state index contributed by atoms with van der Waals surface area (Å²) >= 11 is 0. The summed E-state index contributed by atoms with van der Waals surface area (Å²) < 4.78 is 33.4. The first-order chi connectivity index (χ1) is 15.1. The van der Waals surface area contributed by atoms with E-state index in [1.54, 1.807) is 44.2 Å². The number of amidine groups is 1. The van der Waals surface area contributed by atoms with E-state index in [-0.39, 0.29) is 34.3 Å². The smallest absolute Gasteiger partial charge is 0.295 e. The topological polar surface area (TPSA) is 144 Å². The van der Waals surface area contributed by atoms with Gasteiger partial charge in [0.1, 0.15) is 22.1 Å². The summed E-state index contributed by atoms with van der Waals surface area (Å²) in [6, 6.07) is 13.8. The molecular formula is C22H22N4O5S. The summed E-state index contributed by atoms with van der Waals surface area (Å²) in [6.07, 6.45) is 0. The van der Waals surface area contributed by atoms with Crippen LogP contribution in [-0.4, -0.2) is 29.0 Å². The number of aromatic hydroxyl groups is 2. The van der Waals surface area contributed by atoms with Gasteiger partial charge in [-0.3, -0.25) is 9.98 Å². The van der Waals surface area contributed by atoms with Gasteiger partial charge in [-0.2, -0.15) is 13.5 Å². The van der Waals surface area contributed by atoms with Crippen LogP contribution in [0.5, 0.6) is 11.5 Å². The maximum Gasteiger partial charge on any atom is 0.295 e. The predicted octanol–water partition coefficient (Wildman–Crippen LogP) is 4.83. The molecule has 0 unspecified atom stereocenters. The van der Waals surface area contributed by atoms with Crippen LogP contribution in [0.4, 0.5) is 11.4 Å². The maximum atomic E-state index is 11.9. The van der Waals surface area contributed by atoms with Gasteiger partial charge >= 0.3 is 0 Å². The average Bonchev–Trinajstić information content (AvgIpc) is 2.72. The van der Waals surface area contributed by atoms with E-state index >= 15 is 0 Å². The molecule has 0 fully saturated rings. The lowest BCUT2D eigenvalue weighted by atomic mass is 10.1. The van der Waals surface area contributed by atoms with Gasteiger partial charge in [0.15, 0.2) is 0 Å². The summed E-state index contributed by atoms with van der Waals surface area (Å²) in [6.45, 7) is 5.37. The maximum absolute atomic E-state index is 11.9. The van der Waals surface area contributed by atoms with Crippen molar-refractivity contribution in [3.8, 4) is 11.5 Å². The average molecular weight is 455 g/mol. The first-order valence-electron chi connectivity index (χ1n) is 9.48. The Balaban J connectivity index is 2.12. The molecule has 0 radical (unpaired) electrons. The molecule has 0 saturated heterocycles.